The fraction of sp³-hybridized carbons (Fsp3) is 0.296. The van der Waals surface area contributed by atoms with Gasteiger partial charge in [-0.1, -0.05) is 19.1 Å². The number of amides is 1. The van der Waals surface area contributed by atoms with E-state index in [1.165, 1.54) is 0 Å². The largest absolute Gasteiger partial charge is 0.310 e. The molecule has 0 aliphatic heterocycles. The van der Waals surface area contributed by atoms with Gasteiger partial charge in [0, 0.05) is 40.5 Å². The molecule has 5 rings (SSSR count). The maximum Gasteiger partial charge on any atom is 0.229 e. The fourth-order valence-corrected chi connectivity index (χ4v) is 5.47. The second kappa shape index (κ2) is 9.39. The zero-order chi connectivity index (χ0) is 25.4. The Morgan fingerprint density at radius 1 is 1.17 bits per heavy atom. The van der Waals surface area contributed by atoms with E-state index in [1.807, 2.05) is 43.5 Å². The number of hydrogen-bond donors (Lipinski definition) is 1. The van der Waals surface area contributed by atoms with E-state index in [4.69, 9.17) is 0 Å². The second-order valence-corrected chi connectivity index (χ2v) is 11.0. The molecule has 4 aromatic rings. The van der Waals surface area contributed by atoms with Gasteiger partial charge in [0.05, 0.1) is 34.0 Å². The maximum atomic E-state index is 13.6. The van der Waals surface area contributed by atoms with E-state index < -0.39 is 16.2 Å². The van der Waals surface area contributed by atoms with Gasteiger partial charge in [-0.05, 0) is 56.5 Å². The molecule has 3 aromatic heterocycles. The summed E-state index contributed by atoms with van der Waals surface area (Å²) in [4.78, 5) is 40.7. The van der Waals surface area contributed by atoms with Gasteiger partial charge in [-0.3, -0.25) is 18.8 Å². The van der Waals surface area contributed by atoms with Crippen molar-refractivity contribution in [2.75, 3.05) is 11.1 Å². The summed E-state index contributed by atoms with van der Waals surface area (Å²) in [5.41, 5.74) is 3.55. The van der Waals surface area contributed by atoms with Crippen LogP contribution in [0.25, 0.3) is 5.65 Å². The van der Waals surface area contributed by atoms with Crippen LogP contribution >= 0.6 is 0 Å². The summed E-state index contributed by atoms with van der Waals surface area (Å²) in [5.74, 6) is 0.730. The van der Waals surface area contributed by atoms with Crippen LogP contribution in [-0.4, -0.2) is 41.0 Å². The molecular formula is C27H27N5O3S. The van der Waals surface area contributed by atoms with Gasteiger partial charge in [0.25, 0.3) is 0 Å². The molecule has 9 heteroatoms. The van der Waals surface area contributed by atoms with Gasteiger partial charge in [0.2, 0.25) is 5.91 Å². The third-order valence-electron chi connectivity index (χ3n) is 6.80. The Bertz CT molecular complexity index is 1510. The van der Waals surface area contributed by atoms with Crippen LogP contribution in [0.4, 0.5) is 5.82 Å². The number of fused-ring (bicyclic) bond motifs is 2. The third-order valence-corrected chi connectivity index (χ3v) is 8.12. The van der Waals surface area contributed by atoms with Crippen LogP contribution in [-0.2, 0) is 33.9 Å². The highest BCUT2D eigenvalue weighted by atomic mass is 32.2. The summed E-state index contributed by atoms with van der Waals surface area (Å²) in [6.45, 7) is 5.74. The first-order chi connectivity index (χ1) is 17.3. The van der Waals surface area contributed by atoms with Gasteiger partial charge in [-0.25, -0.2) is 9.97 Å². The van der Waals surface area contributed by atoms with Gasteiger partial charge in [-0.15, -0.1) is 0 Å². The topological polar surface area (TPSA) is 106 Å². The molecule has 3 heterocycles. The number of ketones is 1. The Labute approximate surface area is 211 Å². The third kappa shape index (κ3) is 4.24. The number of anilines is 1. The number of aryl methyl sites for hydroxylation is 2. The summed E-state index contributed by atoms with van der Waals surface area (Å²) < 4.78 is 13.8. The molecule has 0 fully saturated rings. The van der Waals surface area contributed by atoms with Crippen LogP contribution in [0.5, 0.6) is 0 Å². The van der Waals surface area contributed by atoms with Gasteiger partial charge in [-0.2, -0.15) is 0 Å². The minimum Gasteiger partial charge on any atom is -0.310 e. The van der Waals surface area contributed by atoms with Crippen molar-refractivity contribution in [3.8, 4) is 0 Å². The van der Waals surface area contributed by atoms with Gasteiger partial charge in [0.15, 0.2) is 11.4 Å². The zero-order valence-electron chi connectivity index (χ0n) is 20.4. The summed E-state index contributed by atoms with van der Waals surface area (Å²) in [6.07, 6.45) is 6.67. The Kier molecular flexibility index (Phi) is 6.26. The molecule has 184 valence electrons. The smallest absolute Gasteiger partial charge is 0.229 e. The molecule has 2 unspecified atom stereocenters. The highest BCUT2D eigenvalue weighted by molar-refractivity contribution is 7.85. The molecule has 0 saturated heterocycles. The number of rotatable bonds is 6. The quantitative estimate of drug-likeness (QED) is 0.430. The molecule has 1 aliphatic carbocycles. The molecule has 1 aromatic carbocycles. The first-order valence-electron chi connectivity index (χ1n) is 11.9. The normalized spacial score (nSPS) is 18.1. The van der Waals surface area contributed by atoms with E-state index in [0.29, 0.717) is 47.0 Å². The second-order valence-electron chi connectivity index (χ2n) is 9.22. The van der Waals surface area contributed by atoms with E-state index in [1.54, 1.807) is 36.7 Å². The van der Waals surface area contributed by atoms with Crippen LogP contribution in [0, 0.1) is 6.92 Å². The lowest BCUT2D eigenvalue weighted by atomic mass is 9.71. The molecular weight excluding hydrogens is 474 g/mol. The maximum absolute atomic E-state index is 13.6. The molecule has 0 spiro atoms. The summed E-state index contributed by atoms with van der Waals surface area (Å²) in [7, 11) is -1.02. The molecule has 36 heavy (non-hydrogen) atoms. The predicted octanol–water partition coefficient (Wildman–Crippen LogP) is 3.83. The summed E-state index contributed by atoms with van der Waals surface area (Å²) >= 11 is 0. The predicted molar refractivity (Wildman–Crippen MR) is 138 cm³/mol. The van der Waals surface area contributed by atoms with Crippen LogP contribution in [0.2, 0.25) is 0 Å². The Balaban J connectivity index is 1.33. The lowest BCUT2D eigenvalue weighted by Crippen LogP contribution is -2.39. The van der Waals surface area contributed by atoms with Gasteiger partial charge < -0.3 is 9.72 Å². The minimum atomic E-state index is -1.02. The highest BCUT2D eigenvalue weighted by Crippen LogP contribution is 2.38. The molecule has 1 amide bonds. The van der Waals surface area contributed by atoms with Crippen molar-refractivity contribution < 1.29 is 13.8 Å². The van der Waals surface area contributed by atoms with Crippen LogP contribution < -0.4 is 5.32 Å². The number of carbonyl (C=O) groups excluding carboxylic acids is 2. The SMILES string of the molecule is CCS(=O)c1ccc(CC(=O)Nc2ccc3c(n2)CCC(C)(c2ncc(C)n4ccnc24)C3=O)cc1. The summed E-state index contributed by atoms with van der Waals surface area (Å²) in [5, 5.41) is 2.84. The van der Waals surface area contributed by atoms with Crippen molar-refractivity contribution >= 4 is 34.0 Å². The number of aromatic nitrogens is 4. The molecule has 0 saturated carbocycles. The van der Waals surface area contributed by atoms with Crippen LogP contribution in [0.3, 0.4) is 0 Å². The van der Waals surface area contributed by atoms with Crippen molar-refractivity contribution in [2.45, 2.75) is 50.3 Å². The van der Waals surface area contributed by atoms with Crippen molar-refractivity contribution in [3.63, 3.8) is 0 Å². The van der Waals surface area contributed by atoms with E-state index in [2.05, 4.69) is 20.3 Å². The Hall–Kier alpha value is -3.72. The Morgan fingerprint density at radius 2 is 1.94 bits per heavy atom. The van der Waals surface area contributed by atoms with Crippen LogP contribution in [0.1, 0.15) is 53.3 Å². The van der Waals surface area contributed by atoms with Gasteiger partial charge in [0.1, 0.15) is 5.82 Å². The average molecular weight is 502 g/mol. The van der Waals surface area contributed by atoms with Crippen molar-refractivity contribution in [3.05, 3.63) is 83.2 Å². The number of nitrogens with zero attached hydrogens (tertiary/aromatic N) is 4. The Morgan fingerprint density at radius 3 is 2.69 bits per heavy atom. The first-order valence-corrected chi connectivity index (χ1v) is 13.2. The number of hydrogen-bond acceptors (Lipinski definition) is 6. The number of pyridine rings is 1. The standard InChI is InChI=1S/C27H27N5O3S/c1-4-36(35)19-7-5-18(6-8-19)15-23(33)31-22-10-9-20-21(30-22)11-12-27(3,25(20)34)24-26-28-13-14-32(26)17(2)16-29-24/h5-10,13-14,16H,4,11-12,15H2,1-3H3,(H,30,31,33). The number of carbonyl (C=O) groups is 2. The van der Waals surface area contributed by atoms with Crippen molar-refractivity contribution in [1.29, 1.82) is 0 Å². The molecule has 8 nitrogen and oxygen atoms in total. The van der Waals surface area contributed by atoms with E-state index >= 15 is 0 Å². The molecule has 2 atom stereocenters. The van der Waals surface area contributed by atoms with E-state index in [0.717, 1.165) is 16.2 Å². The lowest BCUT2D eigenvalue weighted by molar-refractivity contribution is -0.115. The lowest BCUT2D eigenvalue weighted by Gasteiger charge is -2.32. The molecule has 0 radical (unpaired) electrons. The fourth-order valence-electron chi connectivity index (χ4n) is 4.70. The summed E-state index contributed by atoms with van der Waals surface area (Å²) in [6, 6.07) is 10.6. The average Bonchev–Trinajstić information content (AvgIpc) is 3.37. The number of benzene rings is 1. The van der Waals surface area contributed by atoms with Gasteiger partial charge >= 0.3 is 0 Å². The number of Topliss-reactive ketones (excluding diaryl/α,β-unsaturated/α-hetero) is 1. The highest BCUT2D eigenvalue weighted by Gasteiger charge is 2.43. The molecule has 1 N–H and O–H groups in total. The van der Waals surface area contributed by atoms with Crippen molar-refractivity contribution in [2.24, 2.45) is 0 Å². The number of nitrogens with one attached hydrogen (secondary N) is 1. The molecule has 1 aliphatic rings. The zero-order valence-corrected chi connectivity index (χ0v) is 21.3. The van der Waals surface area contributed by atoms with Crippen LogP contribution in [0.15, 0.2) is 59.9 Å². The molecule has 0 bridgehead atoms. The van der Waals surface area contributed by atoms with Crippen molar-refractivity contribution in [1.82, 2.24) is 19.4 Å². The number of imidazole rings is 1. The minimum absolute atomic E-state index is 0.0417. The first kappa shape index (κ1) is 24.0. The van der Waals surface area contributed by atoms with E-state index in [9.17, 15) is 13.8 Å². The van der Waals surface area contributed by atoms with E-state index in [-0.39, 0.29) is 18.1 Å². The monoisotopic (exact) mass is 501 g/mol.